The minimum atomic E-state index is -0.945. The lowest BCUT2D eigenvalue weighted by Crippen LogP contribution is -1.95. The van der Waals surface area contributed by atoms with Gasteiger partial charge in [-0.1, -0.05) is 12.1 Å². The van der Waals surface area contributed by atoms with Crippen molar-refractivity contribution in [3.8, 4) is 11.1 Å². The van der Waals surface area contributed by atoms with Gasteiger partial charge in [-0.25, -0.2) is 14.8 Å². The van der Waals surface area contributed by atoms with Crippen molar-refractivity contribution in [3.63, 3.8) is 0 Å². The van der Waals surface area contributed by atoms with Crippen LogP contribution in [0.2, 0.25) is 0 Å². The molecule has 0 atom stereocenters. The molecule has 6 nitrogen and oxygen atoms in total. The van der Waals surface area contributed by atoms with Gasteiger partial charge in [-0.05, 0) is 24.6 Å². The van der Waals surface area contributed by atoms with Crippen LogP contribution >= 0.6 is 0 Å². The van der Waals surface area contributed by atoms with Crippen molar-refractivity contribution in [2.45, 2.75) is 6.92 Å². The first kappa shape index (κ1) is 13.1. The molecule has 0 fully saturated rings. The number of aryl methyl sites for hydroxylation is 1. The Morgan fingerprint density at radius 1 is 1.24 bits per heavy atom. The average molecular weight is 282 g/mol. The molecular weight excluding hydrogens is 268 g/mol. The SMILES string of the molecule is Cc1c(-c2ccc(C(=O)O)cc2)c2c(N)ncnc2n1C. The minimum Gasteiger partial charge on any atom is -0.478 e. The number of hydrogen-bond donors (Lipinski definition) is 2. The Bertz CT molecular complexity index is 850. The smallest absolute Gasteiger partial charge is 0.335 e. The molecular formula is C15H14N4O2. The van der Waals surface area contributed by atoms with Gasteiger partial charge in [-0.2, -0.15) is 0 Å². The number of nitrogens with two attached hydrogens (primary N) is 1. The molecule has 3 aromatic rings. The van der Waals surface area contributed by atoms with E-state index >= 15 is 0 Å². The summed E-state index contributed by atoms with van der Waals surface area (Å²) in [4.78, 5) is 19.3. The third-order valence-corrected chi connectivity index (χ3v) is 3.71. The van der Waals surface area contributed by atoms with Gasteiger partial charge in [-0.15, -0.1) is 0 Å². The van der Waals surface area contributed by atoms with Gasteiger partial charge in [0.2, 0.25) is 0 Å². The van der Waals surface area contributed by atoms with Gasteiger partial charge >= 0.3 is 5.97 Å². The average Bonchev–Trinajstić information content (AvgIpc) is 2.73. The van der Waals surface area contributed by atoms with Gasteiger partial charge in [-0.3, -0.25) is 0 Å². The van der Waals surface area contributed by atoms with E-state index in [1.54, 1.807) is 24.3 Å². The normalized spacial score (nSPS) is 11.0. The third-order valence-electron chi connectivity index (χ3n) is 3.71. The van der Waals surface area contributed by atoms with Crippen molar-refractivity contribution < 1.29 is 9.90 Å². The van der Waals surface area contributed by atoms with Crippen LogP contribution in [0, 0.1) is 6.92 Å². The van der Waals surface area contributed by atoms with Crippen LogP contribution in [0.15, 0.2) is 30.6 Å². The zero-order valence-corrected chi connectivity index (χ0v) is 11.7. The zero-order chi connectivity index (χ0) is 15.1. The highest BCUT2D eigenvalue weighted by atomic mass is 16.4. The molecule has 2 aromatic heterocycles. The van der Waals surface area contributed by atoms with E-state index in [0.29, 0.717) is 5.82 Å². The lowest BCUT2D eigenvalue weighted by Gasteiger charge is -2.04. The molecule has 0 unspecified atom stereocenters. The monoisotopic (exact) mass is 282 g/mol. The summed E-state index contributed by atoms with van der Waals surface area (Å²) in [5.74, 6) is -0.528. The molecule has 3 N–H and O–H groups in total. The van der Waals surface area contributed by atoms with Crippen LogP contribution in [0.1, 0.15) is 16.1 Å². The maximum absolute atomic E-state index is 10.9. The molecule has 6 heteroatoms. The number of carboxylic acid groups (broad SMARTS) is 1. The summed E-state index contributed by atoms with van der Waals surface area (Å²) in [6, 6.07) is 6.71. The molecule has 0 amide bonds. The molecule has 0 aliphatic carbocycles. The summed E-state index contributed by atoms with van der Waals surface area (Å²) >= 11 is 0. The van der Waals surface area contributed by atoms with Gasteiger partial charge in [0.05, 0.1) is 10.9 Å². The number of benzene rings is 1. The van der Waals surface area contributed by atoms with Gasteiger partial charge < -0.3 is 15.4 Å². The van der Waals surface area contributed by atoms with Crippen molar-refractivity contribution >= 4 is 22.8 Å². The fourth-order valence-electron chi connectivity index (χ4n) is 2.52. The number of aromatic nitrogens is 3. The maximum Gasteiger partial charge on any atom is 0.335 e. The topological polar surface area (TPSA) is 94.0 Å². The number of hydrogen-bond acceptors (Lipinski definition) is 4. The van der Waals surface area contributed by atoms with Crippen LogP contribution in [0.3, 0.4) is 0 Å². The molecule has 0 aliphatic rings. The number of aromatic carboxylic acids is 1. The highest BCUT2D eigenvalue weighted by Crippen LogP contribution is 2.35. The maximum atomic E-state index is 10.9. The Morgan fingerprint density at radius 2 is 1.90 bits per heavy atom. The zero-order valence-electron chi connectivity index (χ0n) is 11.7. The van der Waals surface area contributed by atoms with E-state index in [4.69, 9.17) is 10.8 Å². The van der Waals surface area contributed by atoms with Crippen LogP contribution in [0.4, 0.5) is 5.82 Å². The summed E-state index contributed by atoms with van der Waals surface area (Å²) in [5.41, 5.74) is 9.83. The molecule has 1 aromatic carbocycles. The second-order valence-corrected chi connectivity index (χ2v) is 4.86. The van der Waals surface area contributed by atoms with E-state index < -0.39 is 5.97 Å². The standard InChI is InChI=1S/C15H14N4O2/c1-8-11(9-3-5-10(6-4-9)15(20)21)12-13(16)17-7-18-14(12)19(8)2/h3-7H,1-2H3,(H,20,21)(H2,16,17,18). The van der Waals surface area contributed by atoms with Gasteiger partial charge in [0.25, 0.3) is 0 Å². The molecule has 3 rings (SSSR count). The van der Waals surface area contributed by atoms with Crippen LogP contribution in [-0.2, 0) is 7.05 Å². The molecule has 21 heavy (non-hydrogen) atoms. The molecule has 0 saturated carbocycles. The highest BCUT2D eigenvalue weighted by molar-refractivity contribution is 6.02. The van der Waals surface area contributed by atoms with Crippen LogP contribution in [-0.4, -0.2) is 25.6 Å². The number of nitrogens with zero attached hydrogens (tertiary/aromatic N) is 3. The Hall–Kier alpha value is -2.89. The van der Waals surface area contributed by atoms with E-state index in [1.807, 2.05) is 18.5 Å². The van der Waals surface area contributed by atoms with Crippen LogP contribution < -0.4 is 5.73 Å². The summed E-state index contributed by atoms with van der Waals surface area (Å²) in [6.45, 7) is 1.97. The lowest BCUT2D eigenvalue weighted by molar-refractivity contribution is 0.0697. The Morgan fingerprint density at radius 3 is 2.52 bits per heavy atom. The molecule has 0 bridgehead atoms. The number of nitrogen functional groups attached to an aromatic ring is 1. The quantitative estimate of drug-likeness (QED) is 0.751. The first-order valence-electron chi connectivity index (χ1n) is 6.40. The summed E-state index contributed by atoms with van der Waals surface area (Å²) in [5, 5.41) is 9.77. The second-order valence-electron chi connectivity index (χ2n) is 4.86. The van der Waals surface area contributed by atoms with E-state index in [0.717, 1.165) is 27.9 Å². The van der Waals surface area contributed by atoms with Crippen LogP contribution in [0.5, 0.6) is 0 Å². The largest absolute Gasteiger partial charge is 0.478 e. The number of fused-ring (bicyclic) bond motifs is 1. The van der Waals surface area contributed by atoms with E-state index in [-0.39, 0.29) is 5.56 Å². The predicted octanol–water partition coefficient (Wildman–Crippen LogP) is 2.22. The molecule has 2 heterocycles. The number of carbonyl (C=O) groups is 1. The highest BCUT2D eigenvalue weighted by Gasteiger charge is 2.17. The van der Waals surface area contributed by atoms with Crippen molar-refractivity contribution in [3.05, 3.63) is 41.9 Å². The lowest BCUT2D eigenvalue weighted by atomic mass is 10.0. The van der Waals surface area contributed by atoms with Crippen molar-refractivity contribution in [1.29, 1.82) is 0 Å². The van der Waals surface area contributed by atoms with E-state index in [9.17, 15) is 4.79 Å². The predicted molar refractivity (Wildman–Crippen MR) is 80.1 cm³/mol. The molecule has 0 spiro atoms. The van der Waals surface area contributed by atoms with Gasteiger partial charge in [0.1, 0.15) is 17.8 Å². The Balaban J connectivity index is 2.29. The van der Waals surface area contributed by atoms with Crippen LogP contribution in [0.25, 0.3) is 22.2 Å². The Kier molecular flexibility index (Phi) is 2.86. The van der Waals surface area contributed by atoms with E-state index in [2.05, 4.69) is 9.97 Å². The second kappa shape index (κ2) is 4.59. The fraction of sp³-hybridized carbons (Fsp3) is 0.133. The summed E-state index contributed by atoms with van der Waals surface area (Å²) < 4.78 is 1.95. The third kappa shape index (κ3) is 1.92. The van der Waals surface area contributed by atoms with E-state index in [1.165, 1.54) is 6.33 Å². The molecule has 0 aliphatic heterocycles. The number of rotatable bonds is 2. The van der Waals surface area contributed by atoms with Crippen molar-refractivity contribution in [2.24, 2.45) is 7.05 Å². The number of anilines is 1. The first-order chi connectivity index (χ1) is 10.0. The van der Waals surface area contributed by atoms with Gasteiger partial charge in [0.15, 0.2) is 0 Å². The van der Waals surface area contributed by atoms with Crippen molar-refractivity contribution in [2.75, 3.05) is 5.73 Å². The van der Waals surface area contributed by atoms with Gasteiger partial charge in [0, 0.05) is 18.3 Å². The Labute approximate surface area is 120 Å². The molecule has 0 radical (unpaired) electrons. The summed E-state index contributed by atoms with van der Waals surface area (Å²) in [7, 11) is 1.92. The fourth-order valence-corrected chi connectivity index (χ4v) is 2.52. The van der Waals surface area contributed by atoms with Crippen molar-refractivity contribution in [1.82, 2.24) is 14.5 Å². The summed E-state index contributed by atoms with van der Waals surface area (Å²) in [6.07, 6.45) is 1.44. The number of carboxylic acids is 1. The first-order valence-corrected chi connectivity index (χ1v) is 6.40. The molecule has 0 saturated heterocycles. The molecule has 106 valence electrons. The minimum absolute atomic E-state index is 0.251.